The average molecular weight is 557 g/mol. The Morgan fingerprint density at radius 3 is 1.57 bits per heavy atom. The summed E-state index contributed by atoms with van der Waals surface area (Å²) in [6.07, 6.45) is 0. The summed E-state index contributed by atoms with van der Waals surface area (Å²) >= 11 is 31.0. The van der Waals surface area contributed by atoms with Crippen LogP contribution in [-0.4, -0.2) is 27.8 Å². The van der Waals surface area contributed by atoms with E-state index in [1.807, 2.05) is 13.8 Å². The van der Waals surface area contributed by atoms with Crippen molar-refractivity contribution in [3.8, 4) is 0 Å². The fraction of sp³-hybridized carbons (Fsp3) is 0.222. The van der Waals surface area contributed by atoms with E-state index in [1.54, 1.807) is 0 Å². The number of rotatable bonds is 6. The van der Waals surface area contributed by atoms with Crippen LogP contribution in [0.2, 0.25) is 20.1 Å². The maximum Gasteiger partial charge on any atom is 0.340 e. The largest absolute Gasteiger partial charge is 0.478 e. The average Bonchev–Trinajstić information content (AvgIpc) is 2.61. The zero-order chi connectivity index (χ0) is 23.2. The van der Waals surface area contributed by atoms with Crippen molar-refractivity contribution in [2.45, 2.75) is 23.6 Å². The van der Waals surface area contributed by atoms with Gasteiger partial charge in [-0.05, 0) is 35.2 Å². The molecule has 30 heavy (non-hydrogen) atoms. The van der Waals surface area contributed by atoms with Crippen LogP contribution in [0.25, 0.3) is 0 Å². The van der Waals surface area contributed by atoms with Crippen LogP contribution in [0.1, 0.15) is 34.6 Å². The van der Waals surface area contributed by atoms with E-state index in [1.165, 1.54) is 23.5 Å². The highest BCUT2D eigenvalue weighted by molar-refractivity contribution is 7.99. The zero-order valence-electron chi connectivity index (χ0n) is 15.3. The lowest BCUT2D eigenvalue weighted by Crippen LogP contribution is -2.03. The highest BCUT2D eigenvalue weighted by Gasteiger charge is 2.21. The molecule has 0 unspecified atom stereocenters. The van der Waals surface area contributed by atoms with Crippen LogP contribution in [0.4, 0.5) is 8.78 Å². The molecule has 0 radical (unpaired) electrons. The molecule has 164 valence electrons. The number of carboxylic acids is 1. The number of thioether (sulfide) groups is 2. The van der Waals surface area contributed by atoms with E-state index in [9.17, 15) is 18.4 Å². The fourth-order valence-electron chi connectivity index (χ4n) is 2.07. The van der Waals surface area contributed by atoms with Crippen molar-refractivity contribution < 1.29 is 23.5 Å². The highest BCUT2D eigenvalue weighted by atomic mass is 35.5. The minimum absolute atomic E-state index is 0.0214. The van der Waals surface area contributed by atoms with Gasteiger partial charge >= 0.3 is 5.97 Å². The Morgan fingerprint density at radius 1 is 0.867 bits per heavy atom. The molecule has 12 heteroatoms. The van der Waals surface area contributed by atoms with Crippen molar-refractivity contribution in [1.29, 1.82) is 0 Å². The Morgan fingerprint density at radius 2 is 1.23 bits per heavy atom. The van der Waals surface area contributed by atoms with Gasteiger partial charge in [0, 0.05) is 9.79 Å². The second-order valence-corrected chi connectivity index (χ2v) is 9.62. The van der Waals surface area contributed by atoms with Gasteiger partial charge in [0.1, 0.15) is 17.2 Å². The SMILES string of the molecule is CCSc1c(Cl)cc(F)c(C(=O)Cl)c1Cl.CCSc1c(Cl)cc(F)c(C(=O)O)c1Cl. The molecule has 0 fully saturated rings. The Balaban J connectivity index is 0.000000300. The molecule has 0 spiro atoms. The van der Waals surface area contributed by atoms with Gasteiger partial charge in [-0.1, -0.05) is 60.3 Å². The molecule has 0 saturated carbocycles. The van der Waals surface area contributed by atoms with Crippen molar-refractivity contribution in [3.63, 3.8) is 0 Å². The third-order valence-corrected chi connectivity index (χ3v) is 7.24. The summed E-state index contributed by atoms with van der Waals surface area (Å²) in [6, 6.07) is 2.01. The summed E-state index contributed by atoms with van der Waals surface area (Å²) in [5.74, 6) is -1.74. The molecule has 0 aliphatic carbocycles. The number of carboxylic acid groups (broad SMARTS) is 1. The lowest BCUT2D eigenvalue weighted by Gasteiger charge is -2.08. The smallest absolute Gasteiger partial charge is 0.340 e. The van der Waals surface area contributed by atoms with Crippen molar-refractivity contribution in [2.75, 3.05) is 11.5 Å². The van der Waals surface area contributed by atoms with Crippen molar-refractivity contribution in [2.24, 2.45) is 0 Å². The molecule has 0 aliphatic heterocycles. The molecule has 0 amide bonds. The first-order valence-corrected chi connectivity index (χ1v) is 11.9. The van der Waals surface area contributed by atoms with Crippen LogP contribution in [-0.2, 0) is 0 Å². The molecule has 2 aromatic carbocycles. The van der Waals surface area contributed by atoms with Crippen LogP contribution in [0.15, 0.2) is 21.9 Å². The number of carbonyl (C=O) groups is 2. The topological polar surface area (TPSA) is 54.4 Å². The molecule has 0 heterocycles. The molecule has 3 nitrogen and oxygen atoms in total. The van der Waals surface area contributed by atoms with Crippen LogP contribution in [0.3, 0.4) is 0 Å². The van der Waals surface area contributed by atoms with E-state index < -0.39 is 28.4 Å². The molecule has 0 atom stereocenters. The molecule has 0 aliphatic rings. The maximum atomic E-state index is 13.3. The van der Waals surface area contributed by atoms with E-state index in [0.717, 1.165) is 12.1 Å². The minimum Gasteiger partial charge on any atom is -0.478 e. The van der Waals surface area contributed by atoms with Gasteiger partial charge < -0.3 is 5.11 Å². The maximum absolute atomic E-state index is 13.3. The third kappa shape index (κ3) is 6.79. The van der Waals surface area contributed by atoms with Crippen LogP contribution in [0, 0.1) is 11.6 Å². The first-order chi connectivity index (χ1) is 14.0. The second kappa shape index (κ2) is 12.6. The molecule has 0 aromatic heterocycles. The van der Waals surface area contributed by atoms with Crippen LogP contribution in [0.5, 0.6) is 0 Å². The number of benzene rings is 2. The molecule has 0 saturated heterocycles. The number of carbonyl (C=O) groups excluding carboxylic acids is 1. The monoisotopic (exact) mass is 554 g/mol. The number of halogens is 7. The zero-order valence-corrected chi connectivity index (χ0v) is 20.7. The van der Waals surface area contributed by atoms with Crippen LogP contribution < -0.4 is 0 Å². The summed E-state index contributed by atoms with van der Waals surface area (Å²) in [4.78, 5) is 22.6. The fourth-order valence-corrected chi connectivity index (χ4v) is 5.42. The summed E-state index contributed by atoms with van der Waals surface area (Å²) < 4.78 is 26.5. The highest BCUT2D eigenvalue weighted by Crippen LogP contribution is 2.39. The standard InChI is InChI=1S/C9H6Cl3FOS.C9H7Cl2FO2S/c1-2-15-8-4(10)3-5(13)6(7(8)11)9(12)14;1-2-15-8-4(10)3-5(12)6(7(8)11)9(13)14/h3H,2H2,1H3;3H,2H2,1H3,(H,13,14). The van der Waals surface area contributed by atoms with Gasteiger partial charge in [0.2, 0.25) is 0 Å². The van der Waals surface area contributed by atoms with Gasteiger partial charge in [-0.15, -0.1) is 23.5 Å². The quantitative estimate of drug-likeness (QED) is 0.285. The molecular weight excluding hydrogens is 544 g/mol. The molecule has 2 rings (SSSR count). The van der Waals surface area contributed by atoms with Gasteiger partial charge in [-0.25, -0.2) is 13.6 Å². The van der Waals surface area contributed by atoms with Gasteiger partial charge in [0.25, 0.3) is 5.24 Å². The van der Waals surface area contributed by atoms with Crippen molar-refractivity contribution in [3.05, 3.63) is 55.0 Å². The summed E-state index contributed by atoms with van der Waals surface area (Å²) in [5, 5.41) is 7.99. The number of aromatic carboxylic acids is 1. The van der Waals surface area contributed by atoms with E-state index in [-0.39, 0.29) is 25.7 Å². The molecule has 0 bridgehead atoms. The Labute approximate surface area is 205 Å². The normalized spacial score (nSPS) is 10.4. The van der Waals surface area contributed by atoms with Gasteiger partial charge in [-0.3, -0.25) is 4.79 Å². The van der Waals surface area contributed by atoms with E-state index in [0.29, 0.717) is 21.3 Å². The summed E-state index contributed by atoms with van der Waals surface area (Å²) in [5.41, 5.74) is -0.851. The van der Waals surface area contributed by atoms with E-state index >= 15 is 0 Å². The van der Waals surface area contributed by atoms with E-state index in [2.05, 4.69) is 0 Å². The lowest BCUT2D eigenvalue weighted by atomic mass is 10.2. The minimum atomic E-state index is -1.40. The first kappa shape index (κ1) is 27.6. The molecular formula is C18H13Cl5F2O3S2. The Kier molecular flexibility index (Phi) is 11.6. The predicted molar refractivity (Wildman–Crippen MR) is 123 cm³/mol. The van der Waals surface area contributed by atoms with Crippen LogP contribution >= 0.6 is 81.5 Å². The van der Waals surface area contributed by atoms with Gasteiger partial charge in [0.05, 0.1) is 25.7 Å². The number of hydrogen-bond acceptors (Lipinski definition) is 4. The molecule has 1 N–H and O–H groups in total. The van der Waals surface area contributed by atoms with Gasteiger partial charge in [-0.2, -0.15) is 0 Å². The number of hydrogen-bond donors (Lipinski definition) is 1. The molecule has 2 aromatic rings. The summed E-state index contributed by atoms with van der Waals surface area (Å²) in [6.45, 7) is 3.75. The van der Waals surface area contributed by atoms with Crippen molar-refractivity contribution >= 4 is 92.7 Å². The lowest BCUT2D eigenvalue weighted by molar-refractivity contribution is 0.0691. The van der Waals surface area contributed by atoms with E-state index in [4.69, 9.17) is 63.1 Å². The first-order valence-electron chi connectivity index (χ1n) is 8.01. The Bertz CT molecular complexity index is 896. The third-order valence-electron chi connectivity index (χ3n) is 3.24. The van der Waals surface area contributed by atoms with Gasteiger partial charge in [0.15, 0.2) is 0 Å². The Hall–Kier alpha value is -0.410. The predicted octanol–water partition coefficient (Wildman–Crippen LogP) is 8.57. The summed E-state index contributed by atoms with van der Waals surface area (Å²) in [7, 11) is 0. The second-order valence-electron chi connectivity index (χ2n) is 5.16. The van der Waals surface area contributed by atoms with Crippen molar-refractivity contribution in [1.82, 2.24) is 0 Å².